The molecule has 3 aromatic rings. The summed E-state index contributed by atoms with van der Waals surface area (Å²) in [6.45, 7) is 0.215. The number of methoxy groups -OCH3 is 3. The number of benzene rings is 2. The van der Waals surface area contributed by atoms with E-state index in [0.717, 1.165) is 5.56 Å². The third-order valence-corrected chi connectivity index (χ3v) is 4.34. The Morgan fingerprint density at radius 2 is 1.72 bits per heavy atom. The number of hydrogen-bond acceptors (Lipinski definition) is 5. The molecule has 0 saturated carbocycles. The summed E-state index contributed by atoms with van der Waals surface area (Å²) < 4.78 is 29.9. The predicted molar refractivity (Wildman–Crippen MR) is 107 cm³/mol. The molecule has 0 bridgehead atoms. The number of halogens is 1. The summed E-state index contributed by atoms with van der Waals surface area (Å²) in [6, 6.07) is 12.6. The average Bonchev–Trinajstić information content (AvgIpc) is 2.76. The van der Waals surface area contributed by atoms with E-state index in [1.807, 2.05) is 6.07 Å². The van der Waals surface area contributed by atoms with Gasteiger partial charge in [0.1, 0.15) is 5.82 Å². The zero-order chi connectivity index (χ0) is 20.8. The van der Waals surface area contributed by atoms with Crippen molar-refractivity contribution in [3.63, 3.8) is 0 Å². The topological polar surface area (TPSA) is 60.9 Å². The molecule has 0 fully saturated rings. The minimum atomic E-state index is -0.434. The second kappa shape index (κ2) is 9.05. The average molecular weight is 396 g/mol. The summed E-state index contributed by atoms with van der Waals surface area (Å²) in [7, 11) is 4.44. The third-order valence-electron chi connectivity index (χ3n) is 4.34. The van der Waals surface area contributed by atoms with E-state index in [1.165, 1.54) is 38.4 Å². The number of aromatic nitrogens is 1. The standard InChI is InChI=1S/C22H21FN2O4/c1-27-19-10-16(11-20(28-2)21(19)29-3)22(26)25(14-15-6-5-9-24-13-15)18-8-4-7-17(23)12-18/h4-13H,14H2,1-3H3. The molecule has 1 heterocycles. The van der Waals surface area contributed by atoms with E-state index < -0.39 is 5.82 Å². The Morgan fingerprint density at radius 3 is 2.28 bits per heavy atom. The summed E-state index contributed by atoms with van der Waals surface area (Å²) in [6.07, 6.45) is 3.31. The van der Waals surface area contributed by atoms with Crippen LogP contribution in [0.5, 0.6) is 17.2 Å². The van der Waals surface area contributed by atoms with Gasteiger partial charge in [0.25, 0.3) is 5.91 Å². The molecule has 0 unspecified atom stereocenters. The molecule has 0 N–H and O–H groups in total. The van der Waals surface area contributed by atoms with Gasteiger partial charge in [-0.25, -0.2) is 4.39 Å². The second-order valence-corrected chi connectivity index (χ2v) is 6.15. The zero-order valence-electron chi connectivity index (χ0n) is 16.4. The van der Waals surface area contributed by atoms with Gasteiger partial charge in [-0.2, -0.15) is 0 Å². The van der Waals surface area contributed by atoms with Gasteiger partial charge < -0.3 is 19.1 Å². The first-order chi connectivity index (χ1) is 14.1. The number of anilines is 1. The van der Waals surface area contributed by atoms with Crippen LogP contribution in [0.3, 0.4) is 0 Å². The molecule has 1 aromatic heterocycles. The lowest BCUT2D eigenvalue weighted by molar-refractivity contribution is 0.0984. The summed E-state index contributed by atoms with van der Waals surface area (Å²) in [4.78, 5) is 19.0. The Labute approximate surface area is 168 Å². The van der Waals surface area contributed by atoms with E-state index in [-0.39, 0.29) is 12.5 Å². The Balaban J connectivity index is 2.07. The number of rotatable bonds is 7. The highest BCUT2D eigenvalue weighted by atomic mass is 19.1. The van der Waals surface area contributed by atoms with Crippen molar-refractivity contribution in [3.05, 3.63) is 77.9 Å². The molecular weight excluding hydrogens is 375 g/mol. The van der Waals surface area contributed by atoms with Crippen LogP contribution in [0, 0.1) is 5.82 Å². The fourth-order valence-electron chi connectivity index (χ4n) is 2.96. The van der Waals surface area contributed by atoms with Gasteiger partial charge in [-0.3, -0.25) is 9.78 Å². The predicted octanol–water partition coefficient (Wildman–Crippen LogP) is 4.09. The maximum atomic E-state index is 13.9. The van der Waals surface area contributed by atoms with Crippen LogP contribution >= 0.6 is 0 Å². The number of pyridine rings is 1. The highest BCUT2D eigenvalue weighted by Gasteiger charge is 2.23. The monoisotopic (exact) mass is 396 g/mol. The van der Waals surface area contributed by atoms with Crippen molar-refractivity contribution in [2.75, 3.05) is 26.2 Å². The molecular formula is C22H21FN2O4. The van der Waals surface area contributed by atoms with Crippen molar-refractivity contribution in [2.24, 2.45) is 0 Å². The molecule has 6 nitrogen and oxygen atoms in total. The van der Waals surface area contributed by atoms with Crippen molar-refractivity contribution in [1.29, 1.82) is 0 Å². The molecule has 3 rings (SSSR count). The number of carbonyl (C=O) groups is 1. The van der Waals surface area contributed by atoms with E-state index in [9.17, 15) is 9.18 Å². The quantitative estimate of drug-likeness (QED) is 0.602. The van der Waals surface area contributed by atoms with E-state index in [0.29, 0.717) is 28.5 Å². The molecule has 1 amide bonds. The Kier molecular flexibility index (Phi) is 6.29. The van der Waals surface area contributed by atoms with Crippen LogP contribution in [-0.2, 0) is 6.54 Å². The summed E-state index contributed by atoms with van der Waals surface area (Å²) >= 11 is 0. The van der Waals surface area contributed by atoms with Gasteiger partial charge in [0.2, 0.25) is 5.75 Å². The fourth-order valence-corrected chi connectivity index (χ4v) is 2.96. The van der Waals surface area contributed by atoms with E-state index >= 15 is 0 Å². The molecule has 0 spiro atoms. The first-order valence-electron chi connectivity index (χ1n) is 8.83. The van der Waals surface area contributed by atoms with Crippen LogP contribution in [0.1, 0.15) is 15.9 Å². The van der Waals surface area contributed by atoms with Crippen LogP contribution in [0.15, 0.2) is 60.9 Å². The number of ether oxygens (including phenoxy) is 3. The van der Waals surface area contributed by atoms with Crippen molar-refractivity contribution in [2.45, 2.75) is 6.54 Å². The molecule has 29 heavy (non-hydrogen) atoms. The molecule has 0 saturated heterocycles. The van der Waals surface area contributed by atoms with Gasteiger partial charge in [0.05, 0.1) is 27.9 Å². The highest BCUT2D eigenvalue weighted by Crippen LogP contribution is 2.38. The second-order valence-electron chi connectivity index (χ2n) is 6.15. The Morgan fingerprint density at radius 1 is 1.00 bits per heavy atom. The fraction of sp³-hybridized carbons (Fsp3) is 0.182. The van der Waals surface area contributed by atoms with Crippen LogP contribution in [0.25, 0.3) is 0 Å². The van der Waals surface area contributed by atoms with E-state index in [2.05, 4.69) is 4.98 Å². The minimum Gasteiger partial charge on any atom is -0.493 e. The summed E-state index contributed by atoms with van der Waals surface area (Å²) in [5.41, 5.74) is 1.54. The van der Waals surface area contributed by atoms with E-state index in [4.69, 9.17) is 14.2 Å². The third kappa shape index (κ3) is 4.45. The first-order valence-corrected chi connectivity index (χ1v) is 8.83. The van der Waals surface area contributed by atoms with Crippen molar-refractivity contribution in [3.8, 4) is 17.2 Å². The molecule has 0 aliphatic rings. The SMILES string of the molecule is COc1cc(C(=O)N(Cc2cccnc2)c2cccc(F)c2)cc(OC)c1OC. The first kappa shape index (κ1) is 20.1. The lowest BCUT2D eigenvalue weighted by Crippen LogP contribution is -2.30. The molecule has 0 radical (unpaired) electrons. The summed E-state index contributed by atoms with van der Waals surface area (Å²) in [5.74, 6) is 0.317. The maximum Gasteiger partial charge on any atom is 0.258 e. The Bertz CT molecular complexity index is 970. The smallest absolute Gasteiger partial charge is 0.258 e. The van der Waals surface area contributed by atoms with Gasteiger partial charge >= 0.3 is 0 Å². The zero-order valence-corrected chi connectivity index (χ0v) is 16.4. The van der Waals surface area contributed by atoms with Crippen molar-refractivity contribution < 1.29 is 23.4 Å². The number of amides is 1. The molecule has 7 heteroatoms. The van der Waals surface area contributed by atoms with Crippen LogP contribution in [0.4, 0.5) is 10.1 Å². The number of nitrogens with zero attached hydrogens (tertiary/aromatic N) is 2. The largest absolute Gasteiger partial charge is 0.493 e. The van der Waals surface area contributed by atoms with Gasteiger partial charge in [-0.1, -0.05) is 12.1 Å². The maximum absolute atomic E-state index is 13.9. The molecule has 150 valence electrons. The van der Waals surface area contributed by atoms with Gasteiger partial charge in [-0.15, -0.1) is 0 Å². The molecule has 0 atom stereocenters. The highest BCUT2D eigenvalue weighted by molar-refractivity contribution is 6.06. The van der Waals surface area contributed by atoms with Crippen molar-refractivity contribution in [1.82, 2.24) is 4.98 Å². The van der Waals surface area contributed by atoms with E-state index in [1.54, 1.807) is 42.7 Å². The molecule has 2 aromatic carbocycles. The van der Waals surface area contributed by atoms with Crippen LogP contribution in [0.2, 0.25) is 0 Å². The van der Waals surface area contributed by atoms with Gasteiger partial charge in [0.15, 0.2) is 11.5 Å². The van der Waals surface area contributed by atoms with Gasteiger partial charge in [-0.05, 0) is 42.0 Å². The Hall–Kier alpha value is -3.61. The van der Waals surface area contributed by atoms with Crippen molar-refractivity contribution >= 4 is 11.6 Å². The number of carbonyl (C=O) groups excluding carboxylic acids is 1. The van der Waals surface area contributed by atoms with Crippen LogP contribution in [-0.4, -0.2) is 32.2 Å². The minimum absolute atomic E-state index is 0.215. The molecule has 0 aliphatic carbocycles. The normalized spacial score (nSPS) is 10.3. The van der Waals surface area contributed by atoms with Crippen LogP contribution < -0.4 is 19.1 Å². The lowest BCUT2D eigenvalue weighted by atomic mass is 10.1. The summed E-state index contributed by atoms with van der Waals surface area (Å²) in [5, 5.41) is 0. The number of hydrogen-bond donors (Lipinski definition) is 0. The molecule has 0 aliphatic heterocycles. The lowest BCUT2D eigenvalue weighted by Gasteiger charge is -2.24. The van der Waals surface area contributed by atoms with Gasteiger partial charge in [0, 0.05) is 23.6 Å².